The van der Waals surface area contributed by atoms with E-state index in [1.54, 1.807) is 18.2 Å². The van der Waals surface area contributed by atoms with Crippen LogP contribution in [0.3, 0.4) is 0 Å². The fraction of sp³-hybridized carbons (Fsp3) is 0.111. The number of thiazole rings is 1. The number of hydrogen-bond donors (Lipinski definition) is 0. The summed E-state index contributed by atoms with van der Waals surface area (Å²) in [4.78, 5) is 27.8. The molecule has 0 fully saturated rings. The molecular formula is C18H14N2O4S. The number of hydrogen-bond acceptors (Lipinski definition) is 6. The summed E-state index contributed by atoms with van der Waals surface area (Å²) in [6.45, 7) is 1.65. The monoisotopic (exact) mass is 354 g/mol. The Hall–Kier alpha value is -3.06. The van der Waals surface area contributed by atoms with Crippen molar-refractivity contribution in [2.45, 2.75) is 13.5 Å². The van der Waals surface area contributed by atoms with Gasteiger partial charge in [0.25, 0.3) is 5.69 Å². The second-order valence-corrected chi connectivity index (χ2v) is 6.44. The van der Waals surface area contributed by atoms with Gasteiger partial charge in [-0.2, -0.15) is 0 Å². The van der Waals surface area contributed by atoms with Gasteiger partial charge < -0.3 is 4.74 Å². The van der Waals surface area contributed by atoms with Crippen LogP contribution < -0.4 is 0 Å². The number of rotatable bonds is 5. The zero-order valence-electron chi connectivity index (χ0n) is 13.3. The van der Waals surface area contributed by atoms with Crippen molar-refractivity contribution in [3.8, 4) is 11.3 Å². The first kappa shape index (κ1) is 16.8. The molecule has 3 rings (SSSR count). The molecule has 0 saturated heterocycles. The lowest BCUT2D eigenvalue weighted by atomic mass is 10.1. The molecule has 0 saturated carbocycles. The molecule has 0 aliphatic carbocycles. The maximum absolute atomic E-state index is 12.5. The van der Waals surface area contributed by atoms with E-state index in [2.05, 4.69) is 4.98 Å². The van der Waals surface area contributed by atoms with Crippen LogP contribution in [0.15, 0.2) is 54.6 Å². The van der Waals surface area contributed by atoms with Crippen molar-refractivity contribution < 1.29 is 14.5 Å². The van der Waals surface area contributed by atoms with Gasteiger partial charge in [0.1, 0.15) is 11.5 Å². The summed E-state index contributed by atoms with van der Waals surface area (Å²) in [5.74, 6) is -0.539. The van der Waals surface area contributed by atoms with Gasteiger partial charge in [0.05, 0.1) is 21.2 Å². The average Bonchev–Trinajstić information content (AvgIpc) is 3.02. The zero-order valence-corrected chi connectivity index (χ0v) is 14.2. The Morgan fingerprint density at radius 2 is 1.84 bits per heavy atom. The van der Waals surface area contributed by atoms with Gasteiger partial charge in [0.15, 0.2) is 0 Å². The van der Waals surface area contributed by atoms with Crippen LogP contribution in [0.5, 0.6) is 0 Å². The lowest BCUT2D eigenvalue weighted by molar-refractivity contribution is -0.385. The quantitative estimate of drug-likeness (QED) is 0.386. The number of esters is 1. The number of carbonyl (C=O) groups excluding carboxylic acids is 1. The molecule has 0 amide bonds. The van der Waals surface area contributed by atoms with Gasteiger partial charge in [-0.3, -0.25) is 10.1 Å². The molecule has 0 aliphatic rings. The van der Waals surface area contributed by atoms with Crippen molar-refractivity contribution in [1.29, 1.82) is 0 Å². The molecule has 0 N–H and O–H groups in total. The van der Waals surface area contributed by atoms with Gasteiger partial charge in [-0.1, -0.05) is 42.5 Å². The SMILES string of the molecule is Cc1nc(-c2ccccc2)c(C(=O)OCc2ccccc2[N+](=O)[O-])s1. The van der Waals surface area contributed by atoms with Crippen LogP contribution in [-0.4, -0.2) is 15.9 Å². The van der Waals surface area contributed by atoms with Gasteiger partial charge in [-0.25, -0.2) is 9.78 Å². The van der Waals surface area contributed by atoms with Crippen LogP contribution >= 0.6 is 11.3 Å². The number of para-hydroxylation sites is 1. The highest BCUT2D eigenvalue weighted by molar-refractivity contribution is 7.14. The average molecular weight is 354 g/mol. The normalized spacial score (nSPS) is 10.4. The summed E-state index contributed by atoms with van der Waals surface area (Å²) in [6.07, 6.45) is 0. The number of benzene rings is 2. The minimum Gasteiger partial charge on any atom is -0.456 e. The van der Waals surface area contributed by atoms with E-state index < -0.39 is 10.9 Å². The van der Waals surface area contributed by atoms with E-state index in [4.69, 9.17) is 4.74 Å². The third-order valence-electron chi connectivity index (χ3n) is 3.51. The van der Waals surface area contributed by atoms with E-state index in [0.717, 1.165) is 10.6 Å². The van der Waals surface area contributed by atoms with Crippen LogP contribution in [0.25, 0.3) is 11.3 Å². The smallest absolute Gasteiger partial charge is 0.350 e. The van der Waals surface area contributed by atoms with Crippen molar-refractivity contribution in [2.24, 2.45) is 0 Å². The van der Waals surface area contributed by atoms with E-state index in [0.29, 0.717) is 16.1 Å². The Morgan fingerprint density at radius 1 is 1.16 bits per heavy atom. The second kappa shape index (κ2) is 7.23. The molecule has 7 heteroatoms. The highest BCUT2D eigenvalue weighted by Gasteiger charge is 2.21. The lowest BCUT2D eigenvalue weighted by Crippen LogP contribution is -2.06. The molecule has 0 unspecified atom stereocenters. The summed E-state index contributed by atoms with van der Waals surface area (Å²) in [7, 11) is 0. The first-order valence-corrected chi connectivity index (χ1v) is 8.30. The van der Waals surface area contributed by atoms with Crippen LogP contribution in [0.2, 0.25) is 0 Å². The van der Waals surface area contributed by atoms with Crippen molar-refractivity contribution in [3.63, 3.8) is 0 Å². The van der Waals surface area contributed by atoms with E-state index in [1.807, 2.05) is 37.3 Å². The summed E-state index contributed by atoms with van der Waals surface area (Å²) >= 11 is 1.24. The summed E-state index contributed by atoms with van der Waals surface area (Å²) in [5, 5.41) is 11.8. The van der Waals surface area contributed by atoms with E-state index in [9.17, 15) is 14.9 Å². The molecule has 0 atom stereocenters. The Bertz CT molecular complexity index is 922. The molecule has 25 heavy (non-hydrogen) atoms. The van der Waals surface area contributed by atoms with E-state index >= 15 is 0 Å². The number of ether oxygens (including phenoxy) is 1. The van der Waals surface area contributed by atoms with Crippen LogP contribution in [0, 0.1) is 17.0 Å². The van der Waals surface area contributed by atoms with E-state index in [1.165, 1.54) is 17.4 Å². The molecular weight excluding hydrogens is 340 g/mol. The molecule has 126 valence electrons. The largest absolute Gasteiger partial charge is 0.456 e. The number of nitro benzene ring substituents is 1. The van der Waals surface area contributed by atoms with Crippen LogP contribution in [0.1, 0.15) is 20.2 Å². The summed E-state index contributed by atoms with van der Waals surface area (Å²) in [6, 6.07) is 15.6. The molecule has 3 aromatic rings. The lowest BCUT2D eigenvalue weighted by Gasteiger charge is -2.06. The summed E-state index contributed by atoms with van der Waals surface area (Å²) in [5.41, 5.74) is 1.67. The number of nitrogens with zero attached hydrogens (tertiary/aromatic N) is 2. The molecule has 0 aliphatic heterocycles. The Kier molecular flexibility index (Phi) is 4.85. The maximum Gasteiger partial charge on any atom is 0.350 e. The molecule has 0 bridgehead atoms. The molecule has 0 spiro atoms. The number of carbonyl (C=O) groups is 1. The number of aromatic nitrogens is 1. The minimum absolute atomic E-state index is 0.0703. The first-order valence-electron chi connectivity index (χ1n) is 7.48. The third kappa shape index (κ3) is 3.72. The topological polar surface area (TPSA) is 82.3 Å². The van der Waals surface area contributed by atoms with Crippen LogP contribution in [-0.2, 0) is 11.3 Å². The second-order valence-electron chi connectivity index (χ2n) is 5.24. The van der Waals surface area contributed by atoms with Gasteiger partial charge in [0.2, 0.25) is 0 Å². The number of aryl methyl sites for hydroxylation is 1. The fourth-order valence-electron chi connectivity index (χ4n) is 2.38. The highest BCUT2D eigenvalue weighted by Crippen LogP contribution is 2.29. The van der Waals surface area contributed by atoms with Crippen molar-refractivity contribution in [3.05, 3.63) is 80.2 Å². The molecule has 1 heterocycles. The van der Waals surface area contributed by atoms with Crippen LogP contribution in [0.4, 0.5) is 5.69 Å². The maximum atomic E-state index is 12.5. The van der Waals surface area contributed by atoms with Crippen molar-refractivity contribution in [1.82, 2.24) is 4.98 Å². The van der Waals surface area contributed by atoms with Gasteiger partial charge in [0, 0.05) is 11.6 Å². The highest BCUT2D eigenvalue weighted by atomic mass is 32.1. The predicted octanol–water partition coefficient (Wildman–Crippen LogP) is 4.38. The third-order valence-corrected chi connectivity index (χ3v) is 4.46. The Morgan fingerprint density at radius 3 is 2.56 bits per heavy atom. The first-order chi connectivity index (χ1) is 12.1. The van der Waals surface area contributed by atoms with Crippen molar-refractivity contribution >= 4 is 23.0 Å². The Labute approximate surface area is 147 Å². The Balaban J connectivity index is 1.83. The van der Waals surface area contributed by atoms with Crippen molar-refractivity contribution in [2.75, 3.05) is 0 Å². The molecule has 0 radical (unpaired) electrons. The zero-order chi connectivity index (χ0) is 17.8. The van der Waals surface area contributed by atoms with E-state index in [-0.39, 0.29) is 12.3 Å². The fourth-order valence-corrected chi connectivity index (χ4v) is 3.21. The molecule has 1 aromatic heterocycles. The molecule has 2 aromatic carbocycles. The number of nitro groups is 1. The molecule has 6 nitrogen and oxygen atoms in total. The standard InChI is InChI=1S/C18H14N2O4S/c1-12-19-16(13-7-3-2-4-8-13)17(25-12)18(21)24-11-14-9-5-6-10-15(14)20(22)23/h2-10H,11H2,1H3. The van der Waals surface area contributed by atoms with Gasteiger partial charge >= 0.3 is 5.97 Å². The van der Waals surface area contributed by atoms with Gasteiger partial charge in [-0.15, -0.1) is 11.3 Å². The van der Waals surface area contributed by atoms with Gasteiger partial charge in [-0.05, 0) is 13.0 Å². The summed E-state index contributed by atoms with van der Waals surface area (Å²) < 4.78 is 5.31. The minimum atomic E-state index is -0.539. The predicted molar refractivity (Wildman–Crippen MR) is 94.5 cm³/mol.